The maximum atomic E-state index is 14.1. The van der Waals surface area contributed by atoms with E-state index in [1.165, 1.54) is 12.4 Å². The second-order valence-electron chi connectivity index (χ2n) is 6.49. The first-order chi connectivity index (χ1) is 13.1. The molecule has 0 saturated carbocycles. The fraction of sp³-hybridized carbons (Fsp3) is 0.400. The van der Waals surface area contributed by atoms with Crippen LogP contribution in [0.15, 0.2) is 30.9 Å². The van der Waals surface area contributed by atoms with Crippen molar-refractivity contribution in [1.29, 1.82) is 0 Å². The number of halogens is 2. The lowest BCUT2D eigenvalue weighted by atomic mass is 9.96. The molecule has 0 radical (unpaired) electrons. The first-order valence-electron chi connectivity index (χ1n) is 9.19. The zero-order chi connectivity index (χ0) is 19.2. The molecule has 2 aromatic rings. The van der Waals surface area contributed by atoms with Gasteiger partial charge in [0.15, 0.2) is 0 Å². The molecule has 1 saturated heterocycles. The normalized spacial score (nSPS) is 16.3. The summed E-state index contributed by atoms with van der Waals surface area (Å²) in [4.78, 5) is 19.2. The molecule has 1 aliphatic rings. The van der Waals surface area contributed by atoms with E-state index in [2.05, 4.69) is 37.8 Å². The zero-order valence-corrected chi connectivity index (χ0v) is 16.3. The lowest BCUT2D eigenvalue weighted by Gasteiger charge is -2.30. The van der Waals surface area contributed by atoms with Crippen LogP contribution in [0, 0.1) is 5.92 Å². The van der Waals surface area contributed by atoms with Crippen molar-refractivity contribution in [3.63, 3.8) is 0 Å². The van der Waals surface area contributed by atoms with Crippen LogP contribution in [0.25, 0.3) is 11.9 Å². The average molecular weight is 388 g/mol. The van der Waals surface area contributed by atoms with E-state index in [1.54, 1.807) is 6.92 Å². The highest BCUT2D eigenvalue weighted by Gasteiger charge is 2.20. The monoisotopic (exact) mass is 387 g/mol. The van der Waals surface area contributed by atoms with E-state index in [0.717, 1.165) is 43.9 Å². The summed E-state index contributed by atoms with van der Waals surface area (Å²) in [6.45, 7) is 5.49. The second kappa shape index (κ2) is 9.04. The van der Waals surface area contributed by atoms with Gasteiger partial charge in [0.1, 0.15) is 17.3 Å². The molecular formula is C20H23ClFN5. The third kappa shape index (κ3) is 4.69. The molecule has 1 fully saturated rings. The number of hydrogen-bond acceptors (Lipinski definition) is 5. The molecule has 0 unspecified atom stereocenters. The summed E-state index contributed by atoms with van der Waals surface area (Å²) < 4.78 is 14.1. The van der Waals surface area contributed by atoms with Gasteiger partial charge in [-0.05, 0) is 43.7 Å². The molecule has 5 nitrogen and oxygen atoms in total. The minimum atomic E-state index is -0.414. The number of aromatic nitrogens is 4. The molecule has 142 valence electrons. The SMILES string of the molecule is C/C=C(/F)c1c(Cl)ncnc1/C=C/C1CCN(c2ncc(CC)cn2)CC1. The molecular weight excluding hydrogens is 365 g/mol. The van der Waals surface area contributed by atoms with Gasteiger partial charge in [0, 0.05) is 25.5 Å². The first kappa shape index (κ1) is 19.4. The zero-order valence-electron chi connectivity index (χ0n) is 15.6. The average Bonchev–Trinajstić information content (AvgIpc) is 2.72. The predicted molar refractivity (Wildman–Crippen MR) is 107 cm³/mol. The molecule has 0 aromatic carbocycles. The maximum Gasteiger partial charge on any atom is 0.225 e. The Labute approximate surface area is 164 Å². The number of hydrogen-bond donors (Lipinski definition) is 0. The minimum Gasteiger partial charge on any atom is -0.341 e. The second-order valence-corrected chi connectivity index (χ2v) is 6.85. The van der Waals surface area contributed by atoms with Crippen molar-refractivity contribution in [3.05, 3.63) is 52.8 Å². The van der Waals surface area contributed by atoms with Gasteiger partial charge >= 0.3 is 0 Å². The third-order valence-corrected chi connectivity index (χ3v) is 5.06. The van der Waals surface area contributed by atoms with Crippen LogP contribution in [0.4, 0.5) is 10.3 Å². The smallest absolute Gasteiger partial charge is 0.225 e. The van der Waals surface area contributed by atoms with Gasteiger partial charge in [-0.25, -0.2) is 24.3 Å². The quantitative estimate of drug-likeness (QED) is 0.693. The Balaban J connectivity index is 1.65. The predicted octanol–water partition coefficient (Wildman–Crippen LogP) is 4.74. The molecule has 0 spiro atoms. The van der Waals surface area contributed by atoms with Crippen molar-refractivity contribution >= 4 is 29.5 Å². The maximum absolute atomic E-state index is 14.1. The van der Waals surface area contributed by atoms with Crippen molar-refractivity contribution in [3.8, 4) is 0 Å². The van der Waals surface area contributed by atoms with Crippen LogP contribution in [-0.2, 0) is 6.42 Å². The molecule has 7 heteroatoms. The molecule has 0 N–H and O–H groups in total. The van der Waals surface area contributed by atoms with Crippen LogP contribution in [-0.4, -0.2) is 33.0 Å². The van der Waals surface area contributed by atoms with Gasteiger partial charge in [0.2, 0.25) is 5.95 Å². The fourth-order valence-corrected chi connectivity index (χ4v) is 3.31. The van der Waals surface area contributed by atoms with Gasteiger partial charge in [-0.15, -0.1) is 0 Å². The van der Waals surface area contributed by atoms with Crippen LogP contribution in [0.2, 0.25) is 5.15 Å². The summed E-state index contributed by atoms with van der Waals surface area (Å²) in [6, 6.07) is 0. The van der Waals surface area contributed by atoms with Crippen LogP contribution in [0.1, 0.15) is 43.5 Å². The summed E-state index contributed by atoms with van der Waals surface area (Å²) >= 11 is 6.05. The highest BCUT2D eigenvalue weighted by molar-refractivity contribution is 6.31. The highest BCUT2D eigenvalue weighted by Crippen LogP contribution is 2.28. The largest absolute Gasteiger partial charge is 0.341 e. The lowest BCUT2D eigenvalue weighted by molar-refractivity contribution is 0.474. The van der Waals surface area contributed by atoms with Crippen molar-refractivity contribution in [2.45, 2.75) is 33.1 Å². The van der Waals surface area contributed by atoms with Crippen molar-refractivity contribution in [1.82, 2.24) is 19.9 Å². The molecule has 27 heavy (non-hydrogen) atoms. The number of allylic oxidation sites excluding steroid dienone is 2. The number of nitrogens with zero attached hydrogens (tertiary/aromatic N) is 5. The first-order valence-corrected chi connectivity index (χ1v) is 9.57. The summed E-state index contributed by atoms with van der Waals surface area (Å²) in [6.07, 6.45) is 13.3. The van der Waals surface area contributed by atoms with E-state index in [4.69, 9.17) is 11.6 Å². The van der Waals surface area contributed by atoms with Crippen LogP contribution in [0.3, 0.4) is 0 Å². The Bertz CT molecular complexity index is 827. The van der Waals surface area contributed by atoms with E-state index < -0.39 is 5.83 Å². The number of rotatable bonds is 5. The minimum absolute atomic E-state index is 0.128. The van der Waals surface area contributed by atoms with Gasteiger partial charge in [-0.3, -0.25) is 0 Å². The number of anilines is 1. The van der Waals surface area contributed by atoms with E-state index in [-0.39, 0.29) is 10.7 Å². The molecule has 0 atom stereocenters. The Kier molecular flexibility index (Phi) is 6.50. The number of piperidine rings is 1. The highest BCUT2D eigenvalue weighted by atomic mass is 35.5. The van der Waals surface area contributed by atoms with E-state index in [9.17, 15) is 4.39 Å². The summed E-state index contributed by atoms with van der Waals surface area (Å²) in [7, 11) is 0. The molecule has 0 aliphatic carbocycles. The summed E-state index contributed by atoms with van der Waals surface area (Å²) in [5.41, 5.74) is 1.90. The van der Waals surface area contributed by atoms with Gasteiger partial charge in [0.25, 0.3) is 0 Å². The Morgan fingerprint density at radius 2 is 1.93 bits per heavy atom. The van der Waals surface area contributed by atoms with Crippen LogP contribution >= 0.6 is 11.6 Å². The molecule has 0 bridgehead atoms. The molecule has 3 rings (SSSR count). The summed E-state index contributed by atoms with van der Waals surface area (Å²) in [5, 5.41) is 0.128. The van der Waals surface area contributed by atoms with Crippen molar-refractivity contribution in [2.75, 3.05) is 18.0 Å². The lowest BCUT2D eigenvalue weighted by Crippen LogP contribution is -2.34. The van der Waals surface area contributed by atoms with Gasteiger partial charge < -0.3 is 4.90 Å². The van der Waals surface area contributed by atoms with Gasteiger partial charge in [-0.1, -0.05) is 30.7 Å². The fourth-order valence-electron chi connectivity index (χ4n) is 3.08. The number of aryl methyl sites for hydroxylation is 1. The van der Waals surface area contributed by atoms with Crippen LogP contribution < -0.4 is 4.90 Å². The van der Waals surface area contributed by atoms with Crippen molar-refractivity contribution in [2.24, 2.45) is 5.92 Å². The summed E-state index contributed by atoms with van der Waals surface area (Å²) in [5.74, 6) is 0.767. The van der Waals surface area contributed by atoms with E-state index in [1.807, 2.05) is 18.5 Å². The van der Waals surface area contributed by atoms with E-state index >= 15 is 0 Å². The van der Waals surface area contributed by atoms with Crippen LogP contribution in [0.5, 0.6) is 0 Å². The Hall–Kier alpha value is -2.34. The molecule has 3 heterocycles. The van der Waals surface area contributed by atoms with Gasteiger partial charge in [0.05, 0.1) is 11.3 Å². The third-order valence-electron chi connectivity index (χ3n) is 4.77. The van der Waals surface area contributed by atoms with Crippen molar-refractivity contribution < 1.29 is 4.39 Å². The Morgan fingerprint density at radius 3 is 2.56 bits per heavy atom. The molecule has 2 aromatic heterocycles. The topological polar surface area (TPSA) is 54.8 Å². The molecule has 0 amide bonds. The van der Waals surface area contributed by atoms with Gasteiger partial charge in [-0.2, -0.15) is 0 Å². The molecule has 1 aliphatic heterocycles. The van der Waals surface area contributed by atoms with E-state index in [0.29, 0.717) is 11.6 Å². The Morgan fingerprint density at radius 1 is 1.22 bits per heavy atom. The standard InChI is InChI=1S/C20H23ClFN5/c1-3-14-11-23-20(24-12-14)27-9-7-15(8-10-27)5-6-17-18(16(22)4-2)19(21)26-13-25-17/h4-6,11-13,15H,3,7-10H2,1-2H3/b6-5+,16-4+.